The van der Waals surface area contributed by atoms with Crippen LogP contribution >= 0.6 is 11.6 Å². The van der Waals surface area contributed by atoms with Gasteiger partial charge in [-0.25, -0.2) is 15.0 Å². The lowest BCUT2D eigenvalue weighted by Crippen LogP contribution is -2.45. The monoisotopic (exact) mass is 464 g/mol. The van der Waals surface area contributed by atoms with Gasteiger partial charge in [0.2, 0.25) is 11.9 Å². The van der Waals surface area contributed by atoms with E-state index in [0.29, 0.717) is 11.6 Å². The van der Waals surface area contributed by atoms with E-state index in [1.807, 2.05) is 0 Å². The average Bonchev–Trinajstić information content (AvgIpc) is 2.77. The number of anilines is 5. The molecule has 2 aromatic heterocycles. The molecule has 1 fully saturated rings. The van der Waals surface area contributed by atoms with Crippen molar-refractivity contribution < 1.29 is 13.2 Å². The van der Waals surface area contributed by atoms with Crippen LogP contribution in [0.5, 0.6) is 0 Å². The van der Waals surface area contributed by atoms with Gasteiger partial charge in [-0.15, -0.1) is 0 Å². The molecule has 4 rings (SSSR count). The minimum Gasteiger partial charge on any atom is -0.339 e. The van der Waals surface area contributed by atoms with Crippen molar-refractivity contribution in [1.82, 2.24) is 24.8 Å². The highest BCUT2D eigenvalue weighted by molar-refractivity contribution is 6.32. The Kier molecular flexibility index (Phi) is 6.28. The standard InChI is InChI=1S/C20H20ClF3N8/c1-31-5-7-32(8-6-31)19-26-10-15(11-27-19)29-18-25-12-16(21)17(30-18)28-14-4-2-3-13(9-14)20(22,23)24/h2-4,9-12H,5-8H2,1H3,(H2,25,28,29,30). The third-order valence-electron chi connectivity index (χ3n) is 4.88. The van der Waals surface area contributed by atoms with Gasteiger partial charge in [-0.1, -0.05) is 17.7 Å². The van der Waals surface area contributed by atoms with Gasteiger partial charge in [-0.2, -0.15) is 18.2 Å². The molecule has 1 aliphatic rings. The Morgan fingerprint density at radius 1 is 0.938 bits per heavy atom. The summed E-state index contributed by atoms with van der Waals surface area (Å²) in [6.07, 6.45) is 0.152. The molecule has 1 aliphatic heterocycles. The van der Waals surface area contributed by atoms with E-state index >= 15 is 0 Å². The minimum atomic E-state index is -4.45. The molecule has 0 unspecified atom stereocenters. The predicted molar refractivity (Wildman–Crippen MR) is 117 cm³/mol. The number of benzene rings is 1. The topological polar surface area (TPSA) is 82.1 Å². The molecular formula is C20H20ClF3N8. The number of halogens is 4. The number of hydrogen-bond acceptors (Lipinski definition) is 8. The molecule has 1 aromatic carbocycles. The van der Waals surface area contributed by atoms with Crippen LogP contribution in [0.4, 0.5) is 42.3 Å². The Bertz CT molecular complexity index is 1070. The first-order valence-corrected chi connectivity index (χ1v) is 10.1. The Morgan fingerprint density at radius 2 is 1.66 bits per heavy atom. The fraction of sp³-hybridized carbons (Fsp3) is 0.300. The van der Waals surface area contributed by atoms with Crippen LogP contribution in [0.2, 0.25) is 5.02 Å². The molecule has 0 radical (unpaired) electrons. The van der Waals surface area contributed by atoms with E-state index in [9.17, 15) is 13.2 Å². The maximum atomic E-state index is 13.0. The lowest BCUT2D eigenvalue weighted by Gasteiger charge is -2.32. The molecule has 0 amide bonds. The predicted octanol–water partition coefficient (Wildman–Crippen LogP) is 4.18. The molecular weight excluding hydrogens is 445 g/mol. The van der Waals surface area contributed by atoms with Crippen molar-refractivity contribution in [3.05, 3.63) is 53.4 Å². The lowest BCUT2D eigenvalue weighted by atomic mass is 10.2. The van der Waals surface area contributed by atoms with Gasteiger partial charge in [0.15, 0.2) is 5.82 Å². The number of aromatic nitrogens is 4. The quantitative estimate of drug-likeness (QED) is 0.582. The summed E-state index contributed by atoms with van der Waals surface area (Å²) in [6.45, 7) is 3.61. The second kappa shape index (κ2) is 9.13. The minimum absolute atomic E-state index is 0.162. The van der Waals surface area contributed by atoms with E-state index in [2.05, 4.69) is 47.4 Å². The number of nitrogens with zero attached hydrogens (tertiary/aromatic N) is 6. The van der Waals surface area contributed by atoms with Crippen LogP contribution in [-0.4, -0.2) is 58.1 Å². The van der Waals surface area contributed by atoms with E-state index in [4.69, 9.17) is 11.6 Å². The van der Waals surface area contributed by atoms with Crippen LogP contribution < -0.4 is 15.5 Å². The zero-order valence-electron chi connectivity index (χ0n) is 17.1. The number of likely N-dealkylation sites (N-methyl/N-ethyl adjacent to an activating group) is 1. The van der Waals surface area contributed by atoms with Crippen LogP contribution in [0.25, 0.3) is 0 Å². The summed E-state index contributed by atoms with van der Waals surface area (Å²) in [6, 6.07) is 4.77. The molecule has 0 saturated carbocycles. The first kappa shape index (κ1) is 22.0. The molecule has 3 heterocycles. The second-order valence-corrected chi connectivity index (χ2v) is 7.69. The first-order valence-electron chi connectivity index (χ1n) is 9.77. The van der Waals surface area contributed by atoms with E-state index in [-0.39, 0.29) is 22.5 Å². The summed E-state index contributed by atoms with van der Waals surface area (Å²) >= 11 is 6.12. The molecule has 12 heteroatoms. The molecule has 3 aromatic rings. The number of hydrogen-bond donors (Lipinski definition) is 2. The summed E-state index contributed by atoms with van der Waals surface area (Å²) in [7, 11) is 2.08. The van der Waals surface area contributed by atoms with Crippen LogP contribution in [-0.2, 0) is 6.18 Å². The van der Waals surface area contributed by atoms with Crippen LogP contribution in [0, 0.1) is 0 Å². The molecule has 2 N–H and O–H groups in total. The van der Waals surface area contributed by atoms with Crippen molar-refractivity contribution >= 4 is 40.7 Å². The highest BCUT2D eigenvalue weighted by atomic mass is 35.5. The molecule has 0 spiro atoms. The fourth-order valence-corrected chi connectivity index (χ4v) is 3.25. The first-order chi connectivity index (χ1) is 15.3. The maximum absolute atomic E-state index is 13.0. The van der Waals surface area contributed by atoms with Gasteiger partial charge >= 0.3 is 6.18 Å². The van der Waals surface area contributed by atoms with Gasteiger partial charge in [-0.3, -0.25) is 0 Å². The van der Waals surface area contributed by atoms with Gasteiger partial charge in [0.1, 0.15) is 5.02 Å². The molecule has 1 saturated heterocycles. The Labute approximate surface area is 187 Å². The summed E-state index contributed by atoms with van der Waals surface area (Å²) in [5, 5.41) is 5.94. The summed E-state index contributed by atoms with van der Waals surface area (Å²) in [5.74, 6) is 1.01. The number of rotatable bonds is 5. The Hall–Kier alpha value is -3.18. The smallest absolute Gasteiger partial charge is 0.339 e. The van der Waals surface area contributed by atoms with Crippen molar-refractivity contribution in [2.75, 3.05) is 48.8 Å². The third-order valence-corrected chi connectivity index (χ3v) is 5.15. The number of nitrogens with one attached hydrogen (secondary N) is 2. The van der Waals surface area contributed by atoms with Gasteiger partial charge in [0.05, 0.1) is 29.8 Å². The molecule has 8 nitrogen and oxygen atoms in total. The molecule has 0 aliphatic carbocycles. The van der Waals surface area contributed by atoms with Crippen LogP contribution in [0.1, 0.15) is 5.56 Å². The number of alkyl halides is 3. The highest BCUT2D eigenvalue weighted by Crippen LogP contribution is 2.32. The van der Waals surface area contributed by atoms with Crippen molar-refractivity contribution in [2.45, 2.75) is 6.18 Å². The van der Waals surface area contributed by atoms with E-state index in [1.54, 1.807) is 12.4 Å². The number of piperazine rings is 1. The van der Waals surface area contributed by atoms with Gasteiger partial charge in [0, 0.05) is 31.9 Å². The third kappa shape index (κ3) is 5.35. The van der Waals surface area contributed by atoms with E-state index in [0.717, 1.165) is 38.3 Å². The zero-order valence-corrected chi connectivity index (χ0v) is 17.8. The summed E-state index contributed by atoms with van der Waals surface area (Å²) < 4.78 is 38.9. The molecule has 0 atom stereocenters. The SMILES string of the molecule is CN1CCN(c2ncc(Nc3ncc(Cl)c(Nc4cccc(C(F)(F)F)c4)n3)cn2)CC1. The van der Waals surface area contributed by atoms with E-state index in [1.165, 1.54) is 18.3 Å². The van der Waals surface area contributed by atoms with Crippen molar-refractivity contribution in [3.63, 3.8) is 0 Å². The Morgan fingerprint density at radius 3 is 2.34 bits per heavy atom. The van der Waals surface area contributed by atoms with E-state index < -0.39 is 11.7 Å². The second-order valence-electron chi connectivity index (χ2n) is 7.28. The van der Waals surface area contributed by atoms with Gasteiger partial charge < -0.3 is 20.4 Å². The highest BCUT2D eigenvalue weighted by Gasteiger charge is 2.30. The maximum Gasteiger partial charge on any atom is 0.416 e. The van der Waals surface area contributed by atoms with Gasteiger partial charge in [-0.05, 0) is 25.2 Å². The molecule has 0 bridgehead atoms. The molecule has 168 valence electrons. The normalized spacial score (nSPS) is 15.0. The van der Waals surface area contributed by atoms with Crippen LogP contribution in [0.15, 0.2) is 42.9 Å². The van der Waals surface area contributed by atoms with Gasteiger partial charge in [0.25, 0.3) is 0 Å². The lowest BCUT2D eigenvalue weighted by molar-refractivity contribution is -0.137. The van der Waals surface area contributed by atoms with Crippen molar-refractivity contribution in [1.29, 1.82) is 0 Å². The average molecular weight is 465 g/mol. The fourth-order valence-electron chi connectivity index (χ4n) is 3.11. The Balaban J connectivity index is 1.46. The largest absolute Gasteiger partial charge is 0.416 e. The molecule has 32 heavy (non-hydrogen) atoms. The van der Waals surface area contributed by atoms with Crippen molar-refractivity contribution in [2.24, 2.45) is 0 Å². The zero-order chi connectivity index (χ0) is 22.7. The van der Waals surface area contributed by atoms with Crippen LogP contribution in [0.3, 0.4) is 0 Å². The summed E-state index contributed by atoms with van der Waals surface area (Å²) in [5.41, 5.74) is -0.00919. The summed E-state index contributed by atoms with van der Waals surface area (Å²) in [4.78, 5) is 21.5. The van der Waals surface area contributed by atoms with Crippen molar-refractivity contribution in [3.8, 4) is 0 Å².